The number of carbonyl (C=O) groups excluding carboxylic acids is 1. The predicted molar refractivity (Wildman–Crippen MR) is 101 cm³/mol. The van der Waals surface area contributed by atoms with Crippen molar-refractivity contribution in [2.45, 2.75) is 18.9 Å². The number of hydrogen-bond donors (Lipinski definition) is 1. The van der Waals surface area contributed by atoms with E-state index in [-0.39, 0.29) is 12.0 Å². The van der Waals surface area contributed by atoms with E-state index in [0.717, 1.165) is 36.1 Å². The number of aromatic nitrogens is 1. The summed E-state index contributed by atoms with van der Waals surface area (Å²) in [6.45, 7) is 1.36. The first kappa shape index (κ1) is 16.5. The molecule has 1 amide bonds. The Morgan fingerprint density at radius 2 is 1.96 bits per heavy atom. The van der Waals surface area contributed by atoms with Gasteiger partial charge in [-0.05, 0) is 55.3 Å². The van der Waals surface area contributed by atoms with Gasteiger partial charge in [-0.1, -0.05) is 18.2 Å². The van der Waals surface area contributed by atoms with E-state index in [1.165, 1.54) is 0 Å². The van der Waals surface area contributed by atoms with E-state index in [4.69, 9.17) is 9.47 Å². The van der Waals surface area contributed by atoms with Gasteiger partial charge < -0.3 is 14.8 Å². The van der Waals surface area contributed by atoms with Crippen LogP contribution in [-0.4, -0.2) is 30.2 Å². The molecule has 1 fully saturated rings. The number of nitrogens with one attached hydrogen (secondary N) is 1. The number of carbonyl (C=O) groups is 1. The first-order valence-corrected chi connectivity index (χ1v) is 8.79. The second kappa shape index (κ2) is 7.54. The molecule has 1 aromatic heterocycles. The fourth-order valence-corrected chi connectivity index (χ4v) is 2.99. The molecule has 5 nitrogen and oxygen atoms in total. The van der Waals surface area contributed by atoms with Gasteiger partial charge in [0, 0.05) is 17.6 Å². The second-order valence-corrected chi connectivity index (χ2v) is 6.31. The van der Waals surface area contributed by atoms with E-state index in [2.05, 4.69) is 10.3 Å². The lowest BCUT2D eigenvalue weighted by atomic mass is 10.2. The Hall–Kier alpha value is -2.92. The summed E-state index contributed by atoms with van der Waals surface area (Å²) in [5.74, 6) is 1.08. The SMILES string of the molecule is O=C(Nc1ccc2ccccc2n1)c1ccc(OC[C@@H]2CCCO2)cc1. The van der Waals surface area contributed by atoms with E-state index >= 15 is 0 Å². The summed E-state index contributed by atoms with van der Waals surface area (Å²) in [6.07, 6.45) is 2.31. The Kier molecular flexibility index (Phi) is 4.80. The summed E-state index contributed by atoms with van der Waals surface area (Å²) in [5, 5.41) is 3.88. The van der Waals surface area contributed by atoms with E-state index in [1.807, 2.05) is 30.3 Å². The number of amides is 1. The Morgan fingerprint density at radius 3 is 2.77 bits per heavy atom. The summed E-state index contributed by atoms with van der Waals surface area (Å²) in [4.78, 5) is 16.9. The molecule has 0 spiro atoms. The fourth-order valence-electron chi connectivity index (χ4n) is 2.99. The number of rotatable bonds is 5. The van der Waals surface area contributed by atoms with Crippen LogP contribution in [0.3, 0.4) is 0 Å². The third kappa shape index (κ3) is 3.83. The molecule has 1 N–H and O–H groups in total. The lowest BCUT2D eigenvalue weighted by molar-refractivity contribution is 0.0679. The van der Waals surface area contributed by atoms with E-state index in [1.54, 1.807) is 30.3 Å². The highest BCUT2D eigenvalue weighted by Gasteiger charge is 2.16. The third-order valence-electron chi connectivity index (χ3n) is 4.42. The van der Waals surface area contributed by atoms with Crippen molar-refractivity contribution in [3.05, 3.63) is 66.2 Å². The zero-order valence-electron chi connectivity index (χ0n) is 14.4. The molecular formula is C21H20N2O3. The van der Waals surface area contributed by atoms with Gasteiger partial charge in [0.2, 0.25) is 0 Å². The van der Waals surface area contributed by atoms with E-state index < -0.39 is 0 Å². The number of benzene rings is 2. The number of anilines is 1. The summed E-state index contributed by atoms with van der Waals surface area (Å²) in [6, 6.07) is 18.7. The van der Waals surface area contributed by atoms with Gasteiger partial charge in [-0.15, -0.1) is 0 Å². The van der Waals surface area contributed by atoms with Crippen molar-refractivity contribution in [1.82, 2.24) is 4.98 Å². The fraction of sp³-hybridized carbons (Fsp3) is 0.238. The number of para-hydroxylation sites is 1. The lowest BCUT2D eigenvalue weighted by Crippen LogP contribution is -2.16. The molecule has 4 rings (SSSR count). The van der Waals surface area contributed by atoms with Gasteiger partial charge in [-0.2, -0.15) is 0 Å². The van der Waals surface area contributed by atoms with Gasteiger partial charge in [0.15, 0.2) is 0 Å². The van der Waals surface area contributed by atoms with Gasteiger partial charge >= 0.3 is 0 Å². The number of hydrogen-bond acceptors (Lipinski definition) is 4. The molecule has 3 aromatic rings. The summed E-state index contributed by atoms with van der Waals surface area (Å²) in [5.41, 5.74) is 1.41. The molecule has 2 aromatic carbocycles. The number of pyridine rings is 1. The van der Waals surface area contributed by atoms with Crippen LogP contribution in [0.1, 0.15) is 23.2 Å². The Bertz CT molecular complexity index is 903. The minimum Gasteiger partial charge on any atom is -0.491 e. The topological polar surface area (TPSA) is 60.5 Å². The van der Waals surface area contributed by atoms with Gasteiger partial charge in [0.25, 0.3) is 5.91 Å². The van der Waals surface area contributed by atoms with Crippen molar-refractivity contribution < 1.29 is 14.3 Å². The molecule has 1 aliphatic heterocycles. The third-order valence-corrected chi connectivity index (χ3v) is 4.42. The van der Waals surface area contributed by atoms with Crippen molar-refractivity contribution in [2.24, 2.45) is 0 Å². The Labute approximate surface area is 152 Å². The minimum atomic E-state index is -0.196. The maximum Gasteiger partial charge on any atom is 0.256 e. The first-order valence-electron chi connectivity index (χ1n) is 8.79. The predicted octanol–water partition coefficient (Wildman–Crippen LogP) is 4.04. The molecule has 132 valence electrons. The number of fused-ring (bicyclic) bond motifs is 1. The number of nitrogens with zero attached hydrogens (tertiary/aromatic N) is 1. The van der Waals surface area contributed by atoms with Crippen LogP contribution in [0.15, 0.2) is 60.7 Å². The van der Waals surface area contributed by atoms with Gasteiger partial charge in [-0.3, -0.25) is 4.79 Å². The molecule has 0 bridgehead atoms. The van der Waals surface area contributed by atoms with Crippen LogP contribution in [0.5, 0.6) is 5.75 Å². The van der Waals surface area contributed by atoms with Crippen LogP contribution >= 0.6 is 0 Å². The van der Waals surface area contributed by atoms with Crippen LogP contribution in [0, 0.1) is 0 Å². The standard InChI is InChI=1S/C21H20N2O3/c24-21(23-20-12-9-15-4-1-2-6-19(15)22-20)16-7-10-17(11-8-16)26-14-18-5-3-13-25-18/h1-2,4,6-12,18H,3,5,13-14H2,(H,22,23,24)/t18-/m0/s1. The Balaban J connectivity index is 1.38. The highest BCUT2D eigenvalue weighted by Crippen LogP contribution is 2.18. The average Bonchev–Trinajstić information content (AvgIpc) is 3.20. The molecule has 5 heteroatoms. The smallest absolute Gasteiger partial charge is 0.256 e. The van der Waals surface area contributed by atoms with Gasteiger partial charge in [-0.25, -0.2) is 4.98 Å². The van der Waals surface area contributed by atoms with Crippen LogP contribution in [0.4, 0.5) is 5.82 Å². The second-order valence-electron chi connectivity index (χ2n) is 6.31. The highest BCUT2D eigenvalue weighted by atomic mass is 16.5. The van der Waals surface area contributed by atoms with Crippen LogP contribution in [0.2, 0.25) is 0 Å². The molecule has 2 heterocycles. The van der Waals surface area contributed by atoms with Crippen LogP contribution < -0.4 is 10.1 Å². The monoisotopic (exact) mass is 348 g/mol. The lowest BCUT2D eigenvalue weighted by Gasteiger charge is -2.11. The molecule has 0 unspecified atom stereocenters. The largest absolute Gasteiger partial charge is 0.491 e. The van der Waals surface area contributed by atoms with Gasteiger partial charge in [0.05, 0.1) is 11.6 Å². The number of ether oxygens (including phenoxy) is 2. The molecular weight excluding hydrogens is 328 g/mol. The highest BCUT2D eigenvalue weighted by molar-refractivity contribution is 6.04. The molecule has 26 heavy (non-hydrogen) atoms. The minimum absolute atomic E-state index is 0.178. The zero-order chi connectivity index (χ0) is 17.8. The van der Waals surface area contributed by atoms with Crippen molar-refractivity contribution in [3.8, 4) is 5.75 Å². The maximum atomic E-state index is 12.4. The maximum absolute atomic E-state index is 12.4. The summed E-state index contributed by atoms with van der Waals surface area (Å²) >= 11 is 0. The molecule has 1 atom stereocenters. The van der Waals surface area contributed by atoms with E-state index in [0.29, 0.717) is 18.0 Å². The van der Waals surface area contributed by atoms with Crippen LogP contribution in [-0.2, 0) is 4.74 Å². The van der Waals surface area contributed by atoms with Crippen molar-refractivity contribution in [2.75, 3.05) is 18.5 Å². The summed E-state index contributed by atoms with van der Waals surface area (Å²) in [7, 11) is 0. The van der Waals surface area contributed by atoms with Crippen molar-refractivity contribution in [3.63, 3.8) is 0 Å². The normalized spacial score (nSPS) is 16.5. The van der Waals surface area contributed by atoms with Crippen LogP contribution in [0.25, 0.3) is 10.9 Å². The Morgan fingerprint density at radius 1 is 1.12 bits per heavy atom. The average molecular weight is 348 g/mol. The zero-order valence-corrected chi connectivity index (χ0v) is 14.4. The first-order chi connectivity index (χ1) is 12.8. The van der Waals surface area contributed by atoms with E-state index in [9.17, 15) is 4.79 Å². The quantitative estimate of drug-likeness (QED) is 0.756. The molecule has 0 aliphatic carbocycles. The molecule has 1 saturated heterocycles. The molecule has 0 radical (unpaired) electrons. The van der Waals surface area contributed by atoms with Crippen molar-refractivity contribution >= 4 is 22.6 Å². The van der Waals surface area contributed by atoms with Crippen molar-refractivity contribution in [1.29, 1.82) is 0 Å². The summed E-state index contributed by atoms with van der Waals surface area (Å²) < 4.78 is 11.3. The molecule has 1 aliphatic rings. The van der Waals surface area contributed by atoms with Gasteiger partial charge in [0.1, 0.15) is 18.2 Å². The molecule has 0 saturated carbocycles.